The highest BCUT2D eigenvalue weighted by Crippen LogP contribution is 2.21. The summed E-state index contributed by atoms with van der Waals surface area (Å²) in [7, 11) is -3.93. The predicted molar refractivity (Wildman–Crippen MR) is 103 cm³/mol. The number of rotatable bonds is 5. The van der Waals surface area contributed by atoms with E-state index in [0.29, 0.717) is 10.7 Å². The van der Waals surface area contributed by atoms with E-state index in [9.17, 15) is 17.6 Å². The van der Waals surface area contributed by atoms with E-state index >= 15 is 0 Å². The Bertz CT molecular complexity index is 1090. The van der Waals surface area contributed by atoms with Crippen molar-refractivity contribution in [2.24, 2.45) is 0 Å². The van der Waals surface area contributed by atoms with Crippen molar-refractivity contribution in [3.05, 3.63) is 70.5 Å². The number of aromatic nitrogens is 1. The fraction of sp³-hybridized carbons (Fsp3) is 0.111. The summed E-state index contributed by atoms with van der Waals surface area (Å²) in [5, 5.41) is 4.91. The third-order valence-corrected chi connectivity index (χ3v) is 5.95. The van der Waals surface area contributed by atoms with Gasteiger partial charge >= 0.3 is 0 Å². The van der Waals surface area contributed by atoms with E-state index in [1.54, 1.807) is 18.4 Å². The maximum Gasteiger partial charge on any atom is 0.261 e. The third-order valence-electron chi connectivity index (χ3n) is 3.70. The van der Waals surface area contributed by atoms with E-state index in [-0.39, 0.29) is 16.1 Å². The van der Waals surface area contributed by atoms with Crippen molar-refractivity contribution < 1.29 is 17.6 Å². The van der Waals surface area contributed by atoms with E-state index in [1.807, 2.05) is 6.92 Å². The largest absolute Gasteiger partial charge is 0.298 e. The minimum Gasteiger partial charge on any atom is -0.298 e. The molecule has 3 rings (SSSR count). The third kappa shape index (κ3) is 4.50. The van der Waals surface area contributed by atoms with Crippen LogP contribution in [0, 0.1) is 19.7 Å². The fourth-order valence-electron chi connectivity index (χ4n) is 2.32. The van der Waals surface area contributed by atoms with E-state index in [4.69, 9.17) is 0 Å². The molecule has 0 spiro atoms. The number of aryl methyl sites for hydroxylation is 2. The van der Waals surface area contributed by atoms with Crippen molar-refractivity contribution in [1.82, 2.24) is 4.98 Å². The molecule has 3 aromatic rings. The van der Waals surface area contributed by atoms with Gasteiger partial charge in [0, 0.05) is 16.6 Å². The second-order valence-corrected chi connectivity index (χ2v) is 8.38. The summed E-state index contributed by atoms with van der Waals surface area (Å²) < 4.78 is 40.5. The normalized spacial score (nSPS) is 11.2. The summed E-state index contributed by atoms with van der Waals surface area (Å²) in [5.41, 5.74) is 1.86. The number of carbonyl (C=O) groups excluding carboxylic acids is 1. The number of amides is 1. The summed E-state index contributed by atoms with van der Waals surface area (Å²) in [6.07, 6.45) is 0. The maximum absolute atomic E-state index is 13.0. The summed E-state index contributed by atoms with van der Waals surface area (Å²) in [5.74, 6) is -0.912. The van der Waals surface area contributed by atoms with Crippen molar-refractivity contribution in [3.63, 3.8) is 0 Å². The molecule has 0 radical (unpaired) electrons. The Morgan fingerprint density at radius 1 is 1.11 bits per heavy atom. The maximum atomic E-state index is 13.0. The summed E-state index contributed by atoms with van der Waals surface area (Å²) >= 11 is 1.29. The average molecular weight is 405 g/mol. The smallest absolute Gasteiger partial charge is 0.261 e. The van der Waals surface area contributed by atoms with E-state index < -0.39 is 21.7 Å². The molecular formula is C18H16FN3O3S2. The van der Waals surface area contributed by atoms with Crippen LogP contribution in [0.3, 0.4) is 0 Å². The van der Waals surface area contributed by atoms with Crippen LogP contribution in [0.4, 0.5) is 15.2 Å². The van der Waals surface area contributed by atoms with Gasteiger partial charge < -0.3 is 0 Å². The SMILES string of the molecule is Cc1csc(NC(=O)c2cc(S(=O)(=O)Nc3ccc(F)cc3)ccc2C)n1. The molecule has 0 bridgehead atoms. The molecule has 27 heavy (non-hydrogen) atoms. The molecule has 140 valence electrons. The zero-order valence-electron chi connectivity index (χ0n) is 14.5. The van der Waals surface area contributed by atoms with Gasteiger partial charge in [-0.15, -0.1) is 11.3 Å². The van der Waals surface area contributed by atoms with Crippen molar-refractivity contribution in [2.75, 3.05) is 10.0 Å². The molecule has 0 saturated carbocycles. The molecule has 0 atom stereocenters. The lowest BCUT2D eigenvalue weighted by Crippen LogP contribution is -2.17. The lowest BCUT2D eigenvalue weighted by atomic mass is 10.1. The van der Waals surface area contributed by atoms with Gasteiger partial charge in [-0.2, -0.15) is 0 Å². The molecule has 2 aromatic carbocycles. The Labute approximate surface area is 160 Å². The molecule has 9 heteroatoms. The van der Waals surface area contributed by atoms with Gasteiger partial charge in [0.1, 0.15) is 5.82 Å². The number of hydrogen-bond donors (Lipinski definition) is 2. The zero-order chi connectivity index (χ0) is 19.6. The van der Waals surface area contributed by atoms with Crippen molar-refractivity contribution >= 4 is 38.1 Å². The summed E-state index contributed by atoms with van der Waals surface area (Å²) in [4.78, 5) is 16.6. The van der Waals surface area contributed by atoms with E-state index in [0.717, 1.165) is 17.8 Å². The fourth-order valence-corrected chi connectivity index (χ4v) is 4.09. The van der Waals surface area contributed by atoms with Crippen LogP contribution in [0.1, 0.15) is 21.6 Å². The van der Waals surface area contributed by atoms with Gasteiger partial charge in [0.2, 0.25) is 0 Å². The first-order valence-electron chi connectivity index (χ1n) is 7.87. The minimum absolute atomic E-state index is 0.0714. The Hall–Kier alpha value is -2.78. The topological polar surface area (TPSA) is 88.2 Å². The predicted octanol–water partition coefficient (Wildman–Crippen LogP) is 3.95. The van der Waals surface area contributed by atoms with Gasteiger partial charge in [0.05, 0.1) is 10.6 Å². The quantitative estimate of drug-likeness (QED) is 0.673. The van der Waals surface area contributed by atoms with Gasteiger partial charge in [-0.25, -0.2) is 17.8 Å². The Kier molecular flexibility index (Phi) is 5.24. The van der Waals surface area contributed by atoms with E-state index in [2.05, 4.69) is 15.0 Å². The lowest BCUT2D eigenvalue weighted by molar-refractivity contribution is 0.102. The molecular weight excluding hydrogens is 389 g/mol. The highest BCUT2D eigenvalue weighted by Gasteiger charge is 2.19. The van der Waals surface area contributed by atoms with Crippen LogP contribution in [0.2, 0.25) is 0 Å². The number of carbonyl (C=O) groups is 1. The molecule has 1 amide bonds. The van der Waals surface area contributed by atoms with Crippen LogP contribution < -0.4 is 10.0 Å². The molecule has 0 aliphatic rings. The van der Waals surface area contributed by atoms with Crippen molar-refractivity contribution in [1.29, 1.82) is 0 Å². The second-order valence-electron chi connectivity index (χ2n) is 5.84. The number of sulfonamides is 1. The van der Waals surface area contributed by atoms with Gasteiger partial charge in [-0.05, 0) is 55.8 Å². The molecule has 1 heterocycles. The number of nitrogens with one attached hydrogen (secondary N) is 2. The Morgan fingerprint density at radius 2 is 1.81 bits per heavy atom. The standard InChI is InChI=1S/C18H16FN3O3S2/c1-11-3-8-15(27(24,25)22-14-6-4-13(19)5-7-14)9-16(11)17(23)21-18-20-12(2)10-26-18/h3-10,22H,1-2H3,(H,20,21,23). The molecule has 2 N–H and O–H groups in total. The highest BCUT2D eigenvalue weighted by atomic mass is 32.2. The lowest BCUT2D eigenvalue weighted by Gasteiger charge is -2.11. The number of hydrogen-bond acceptors (Lipinski definition) is 5. The zero-order valence-corrected chi connectivity index (χ0v) is 16.1. The Balaban J connectivity index is 1.87. The first-order chi connectivity index (χ1) is 12.7. The molecule has 1 aromatic heterocycles. The van der Waals surface area contributed by atoms with Crippen LogP contribution in [0.25, 0.3) is 0 Å². The van der Waals surface area contributed by atoms with Crippen LogP contribution in [0.15, 0.2) is 52.7 Å². The van der Waals surface area contributed by atoms with E-state index in [1.165, 1.54) is 35.6 Å². The average Bonchev–Trinajstić information content (AvgIpc) is 3.01. The monoisotopic (exact) mass is 405 g/mol. The Morgan fingerprint density at radius 3 is 2.44 bits per heavy atom. The number of benzene rings is 2. The number of thiazole rings is 1. The van der Waals surface area contributed by atoms with Gasteiger partial charge in [0.15, 0.2) is 5.13 Å². The number of nitrogens with zero attached hydrogens (tertiary/aromatic N) is 1. The molecule has 0 aliphatic carbocycles. The van der Waals surface area contributed by atoms with Crippen LogP contribution in [-0.4, -0.2) is 19.3 Å². The molecule has 0 saturated heterocycles. The molecule has 0 fully saturated rings. The van der Waals surface area contributed by atoms with Crippen molar-refractivity contribution in [3.8, 4) is 0 Å². The first-order valence-corrected chi connectivity index (χ1v) is 10.2. The summed E-state index contributed by atoms with van der Waals surface area (Å²) in [6.45, 7) is 3.53. The molecule has 0 aliphatic heterocycles. The molecule has 6 nitrogen and oxygen atoms in total. The minimum atomic E-state index is -3.93. The number of halogens is 1. The first kappa shape index (κ1) is 19.0. The second kappa shape index (κ2) is 7.45. The highest BCUT2D eigenvalue weighted by molar-refractivity contribution is 7.92. The van der Waals surface area contributed by atoms with Crippen LogP contribution in [0.5, 0.6) is 0 Å². The van der Waals surface area contributed by atoms with Crippen LogP contribution in [-0.2, 0) is 10.0 Å². The molecule has 0 unspecified atom stereocenters. The van der Waals surface area contributed by atoms with Gasteiger partial charge in [0.25, 0.3) is 15.9 Å². The van der Waals surface area contributed by atoms with Gasteiger partial charge in [-0.3, -0.25) is 14.8 Å². The van der Waals surface area contributed by atoms with Crippen LogP contribution >= 0.6 is 11.3 Å². The van der Waals surface area contributed by atoms with Crippen molar-refractivity contribution in [2.45, 2.75) is 18.7 Å². The summed E-state index contributed by atoms with van der Waals surface area (Å²) in [6, 6.07) is 9.21. The number of anilines is 2. The van der Waals surface area contributed by atoms with Gasteiger partial charge in [-0.1, -0.05) is 6.07 Å².